The molecule has 210 valence electrons. The number of halogens is 1. The third-order valence-electron chi connectivity index (χ3n) is 6.63. The number of likely N-dealkylation sites (tertiary alicyclic amines) is 1. The summed E-state index contributed by atoms with van der Waals surface area (Å²) in [4.78, 5) is 32.4. The maximum Gasteiger partial charge on any atom is 0.333 e. The van der Waals surface area contributed by atoms with Gasteiger partial charge in [0.05, 0.1) is 20.9 Å². The minimum absolute atomic E-state index is 0.0676. The average molecular weight is 601 g/mol. The van der Waals surface area contributed by atoms with Crippen LogP contribution in [0.4, 0.5) is 16.2 Å². The van der Waals surface area contributed by atoms with E-state index in [1.54, 1.807) is 30.3 Å². The molecular weight excluding hydrogens is 572 g/mol. The summed E-state index contributed by atoms with van der Waals surface area (Å²) in [5.41, 5.74) is 2.20. The van der Waals surface area contributed by atoms with Gasteiger partial charge in [0.2, 0.25) is 0 Å². The molecule has 1 aliphatic rings. The fraction of sp³-hybridized carbons (Fsp3) is 0.296. The first-order chi connectivity index (χ1) is 19.3. The third kappa shape index (κ3) is 6.81. The van der Waals surface area contributed by atoms with Crippen molar-refractivity contribution in [1.29, 1.82) is 0 Å². The minimum atomic E-state index is -4.04. The largest absolute Gasteiger partial charge is 0.385 e. The summed E-state index contributed by atoms with van der Waals surface area (Å²) in [7, 11) is -4.04. The van der Waals surface area contributed by atoms with Gasteiger partial charge in [0.1, 0.15) is 10.5 Å². The number of sulfonamides is 1. The molecule has 0 bridgehead atoms. The SMILES string of the molecule is O=C(Nc1ccc(-n2cnc3cc(NCCCN4CCCCC4)ccc3c2=O)cc1)NS(=O)(=O)c1ccc(Cl)s1. The maximum atomic E-state index is 13.2. The van der Waals surface area contributed by atoms with E-state index in [2.05, 4.69) is 20.5 Å². The fourth-order valence-corrected chi connectivity index (χ4v) is 7.00. The lowest BCUT2D eigenvalue weighted by molar-refractivity contribution is 0.228. The molecule has 4 aromatic rings. The number of rotatable bonds is 9. The van der Waals surface area contributed by atoms with E-state index in [0.717, 1.165) is 36.5 Å². The smallest absolute Gasteiger partial charge is 0.333 e. The lowest BCUT2D eigenvalue weighted by Gasteiger charge is -2.26. The van der Waals surface area contributed by atoms with Gasteiger partial charge >= 0.3 is 6.03 Å². The summed E-state index contributed by atoms with van der Waals surface area (Å²) in [6.07, 6.45) is 6.44. The van der Waals surface area contributed by atoms with Crippen molar-refractivity contribution in [3.8, 4) is 5.69 Å². The summed E-state index contributed by atoms with van der Waals surface area (Å²) >= 11 is 6.63. The van der Waals surface area contributed by atoms with Crippen molar-refractivity contribution >= 4 is 61.3 Å². The summed E-state index contributed by atoms with van der Waals surface area (Å²) < 4.78 is 28.2. The van der Waals surface area contributed by atoms with Gasteiger partial charge in [-0.2, -0.15) is 0 Å². The Morgan fingerprint density at radius 2 is 1.75 bits per heavy atom. The molecule has 13 heteroatoms. The van der Waals surface area contributed by atoms with Crippen LogP contribution in [-0.2, 0) is 10.0 Å². The molecule has 1 saturated heterocycles. The average Bonchev–Trinajstić information content (AvgIpc) is 3.39. The van der Waals surface area contributed by atoms with Crippen LogP contribution in [0.3, 0.4) is 0 Å². The molecule has 5 rings (SSSR count). The third-order valence-corrected chi connectivity index (χ3v) is 9.69. The number of fused-ring (bicyclic) bond motifs is 1. The van der Waals surface area contributed by atoms with E-state index in [1.807, 2.05) is 16.9 Å². The number of carbonyl (C=O) groups excluding carboxylic acids is 1. The van der Waals surface area contributed by atoms with E-state index in [-0.39, 0.29) is 9.77 Å². The molecule has 0 atom stereocenters. The number of piperidine rings is 1. The monoisotopic (exact) mass is 600 g/mol. The van der Waals surface area contributed by atoms with Gasteiger partial charge < -0.3 is 15.5 Å². The molecular formula is C27H29ClN6O4S2. The molecule has 0 radical (unpaired) electrons. The van der Waals surface area contributed by atoms with Crippen LogP contribution in [0.1, 0.15) is 25.7 Å². The zero-order valence-electron chi connectivity index (χ0n) is 21.6. The number of benzene rings is 2. The molecule has 2 amide bonds. The van der Waals surface area contributed by atoms with E-state index in [0.29, 0.717) is 26.6 Å². The van der Waals surface area contributed by atoms with Crippen molar-refractivity contribution in [2.45, 2.75) is 29.9 Å². The quantitative estimate of drug-likeness (QED) is 0.233. The van der Waals surface area contributed by atoms with E-state index >= 15 is 0 Å². The lowest BCUT2D eigenvalue weighted by Crippen LogP contribution is -2.33. The molecule has 1 aliphatic heterocycles. The number of carbonyl (C=O) groups is 1. The topological polar surface area (TPSA) is 125 Å². The van der Waals surface area contributed by atoms with E-state index in [4.69, 9.17) is 11.6 Å². The fourth-order valence-electron chi connectivity index (χ4n) is 4.61. The molecule has 0 aliphatic carbocycles. The van der Waals surface area contributed by atoms with Gasteiger partial charge in [-0.15, -0.1) is 11.3 Å². The molecule has 3 heterocycles. The van der Waals surface area contributed by atoms with Crippen LogP contribution < -0.4 is 20.9 Å². The lowest BCUT2D eigenvalue weighted by atomic mass is 10.1. The first-order valence-electron chi connectivity index (χ1n) is 13.0. The van der Waals surface area contributed by atoms with Crippen LogP contribution in [0, 0.1) is 0 Å². The van der Waals surface area contributed by atoms with Crippen LogP contribution in [0.2, 0.25) is 4.34 Å². The summed E-state index contributed by atoms with van der Waals surface area (Å²) in [6, 6.07) is 13.8. The summed E-state index contributed by atoms with van der Waals surface area (Å²) in [5.74, 6) is 0. The van der Waals surface area contributed by atoms with Crippen molar-refractivity contribution in [2.75, 3.05) is 36.8 Å². The van der Waals surface area contributed by atoms with Gasteiger partial charge in [-0.05, 0) is 93.5 Å². The zero-order valence-corrected chi connectivity index (χ0v) is 24.0. The Bertz CT molecular complexity index is 1660. The van der Waals surface area contributed by atoms with Crippen molar-refractivity contribution in [1.82, 2.24) is 19.2 Å². The highest BCUT2D eigenvalue weighted by molar-refractivity contribution is 7.92. The highest BCUT2D eigenvalue weighted by Crippen LogP contribution is 2.25. The number of thiophene rings is 1. The number of hydrogen-bond donors (Lipinski definition) is 3. The predicted octanol–water partition coefficient (Wildman–Crippen LogP) is 4.90. The number of urea groups is 1. The highest BCUT2D eigenvalue weighted by atomic mass is 35.5. The highest BCUT2D eigenvalue weighted by Gasteiger charge is 2.20. The molecule has 0 spiro atoms. The Balaban J connectivity index is 1.20. The molecule has 2 aromatic heterocycles. The standard InChI is InChI=1S/C27H29ClN6O4S2/c28-24-11-12-25(39-24)40(37,38)32-27(36)31-19-5-8-21(9-6-19)34-18-30-23-17-20(7-10-22(23)26(34)35)29-13-4-16-33-14-2-1-3-15-33/h5-12,17-18,29H,1-4,13-16H2,(H2,31,32,36). The normalized spacial score (nSPS) is 14.2. The van der Waals surface area contributed by atoms with Crippen molar-refractivity contribution in [3.63, 3.8) is 0 Å². The van der Waals surface area contributed by atoms with Crippen LogP contribution in [-0.4, -0.2) is 55.1 Å². The van der Waals surface area contributed by atoms with Gasteiger partial charge in [0, 0.05) is 17.9 Å². The second-order valence-corrected chi connectivity index (χ2v) is 13.1. The number of aromatic nitrogens is 2. The van der Waals surface area contributed by atoms with E-state index in [1.165, 1.54) is 55.4 Å². The predicted molar refractivity (Wildman–Crippen MR) is 159 cm³/mol. The van der Waals surface area contributed by atoms with Crippen molar-refractivity contribution in [3.05, 3.63) is 75.6 Å². The van der Waals surface area contributed by atoms with Gasteiger partial charge in [0.25, 0.3) is 15.6 Å². The molecule has 0 saturated carbocycles. The Kier molecular flexibility index (Phi) is 8.69. The van der Waals surface area contributed by atoms with Gasteiger partial charge in [-0.25, -0.2) is 22.9 Å². The molecule has 2 aromatic carbocycles. The second kappa shape index (κ2) is 12.4. The zero-order chi connectivity index (χ0) is 28.1. The Hall–Kier alpha value is -3.45. The summed E-state index contributed by atoms with van der Waals surface area (Å²) in [6.45, 7) is 4.33. The Morgan fingerprint density at radius 3 is 2.48 bits per heavy atom. The number of anilines is 2. The van der Waals surface area contributed by atoms with E-state index < -0.39 is 16.1 Å². The van der Waals surface area contributed by atoms with E-state index in [9.17, 15) is 18.0 Å². The molecule has 3 N–H and O–H groups in total. The van der Waals surface area contributed by atoms with Gasteiger partial charge in [-0.1, -0.05) is 18.0 Å². The molecule has 40 heavy (non-hydrogen) atoms. The second-order valence-electron chi connectivity index (χ2n) is 9.50. The summed E-state index contributed by atoms with van der Waals surface area (Å²) in [5, 5.41) is 6.39. The maximum absolute atomic E-state index is 13.2. The van der Waals surface area contributed by atoms with Crippen molar-refractivity contribution < 1.29 is 13.2 Å². The minimum Gasteiger partial charge on any atom is -0.385 e. The molecule has 10 nitrogen and oxygen atoms in total. The Labute approximate surface area is 241 Å². The van der Waals surface area contributed by atoms with Gasteiger partial charge in [0.15, 0.2) is 0 Å². The number of nitrogens with zero attached hydrogens (tertiary/aromatic N) is 3. The van der Waals surface area contributed by atoms with Crippen LogP contribution in [0.15, 0.2) is 69.9 Å². The number of hydrogen-bond acceptors (Lipinski definition) is 8. The Morgan fingerprint density at radius 1 is 1.00 bits per heavy atom. The first-order valence-corrected chi connectivity index (χ1v) is 15.6. The molecule has 1 fully saturated rings. The first kappa shape index (κ1) is 28.1. The van der Waals surface area contributed by atoms with Crippen molar-refractivity contribution in [2.24, 2.45) is 0 Å². The number of amides is 2. The van der Waals surface area contributed by atoms with Crippen LogP contribution in [0.5, 0.6) is 0 Å². The van der Waals surface area contributed by atoms with Gasteiger partial charge in [-0.3, -0.25) is 9.36 Å². The number of nitrogens with one attached hydrogen (secondary N) is 3. The molecule has 0 unspecified atom stereocenters. The van der Waals surface area contributed by atoms with Crippen LogP contribution >= 0.6 is 22.9 Å². The van der Waals surface area contributed by atoms with Crippen LogP contribution in [0.25, 0.3) is 16.6 Å².